The Morgan fingerprint density at radius 2 is 2.26 bits per heavy atom. The van der Waals surface area contributed by atoms with Crippen molar-refractivity contribution in [1.29, 1.82) is 0 Å². The minimum Gasteiger partial charge on any atom is -0.355 e. The largest absolute Gasteiger partial charge is 0.355 e. The van der Waals surface area contributed by atoms with Crippen LogP contribution in [0.1, 0.15) is 17.9 Å². The molecule has 100 valence electrons. The summed E-state index contributed by atoms with van der Waals surface area (Å²) >= 11 is 9.46. The summed E-state index contributed by atoms with van der Waals surface area (Å²) in [6.07, 6.45) is 6.87. The quantitative estimate of drug-likeness (QED) is 0.841. The molecule has 2 aromatic rings. The van der Waals surface area contributed by atoms with Crippen molar-refractivity contribution in [1.82, 2.24) is 14.8 Å². The van der Waals surface area contributed by atoms with Gasteiger partial charge in [-0.15, -0.1) is 0 Å². The van der Waals surface area contributed by atoms with Gasteiger partial charge in [-0.2, -0.15) is 5.10 Å². The van der Waals surface area contributed by atoms with E-state index in [0.29, 0.717) is 10.9 Å². The van der Waals surface area contributed by atoms with E-state index < -0.39 is 0 Å². The van der Waals surface area contributed by atoms with Crippen LogP contribution >= 0.6 is 27.5 Å². The fourth-order valence-corrected chi connectivity index (χ4v) is 3.41. The van der Waals surface area contributed by atoms with Gasteiger partial charge in [0.2, 0.25) is 0 Å². The van der Waals surface area contributed by atoms with Crippen LogP contribution in [-0.2, 0) is 7.05 Å². The molecule has 19 heavy (non-hydrogen) atoms. The predicted octanol–water partition coefficient (Wildman–Crippen LogP) is 3.22. The molecule has 0 aromatic carbocycles. The molecule has 0 unspecified atom stereocenters. The number of rotatable bonds is 2. The Kier molecular flexibility index (Phi) is 3.50. The number of nitrogens with zero attached hydrogens (tertiary/aromatic N) is 4. The summed E-state index contributed by atoms with van der Waals surface area (Å²) in [6, 6.07) is 1.89. The van der Waals surface area contributed by atoms with Crippen LogP contribution < -0.4 is 4.90 Å². The molecule has 0 spiro atoms. The van der Waals surface area contributed by atoms with Crippen LogP contribution in [0, 0.1) is 0 Å². The standard InChI is InChI=1S/C13H14BrClN4/c1-18-7-10(5-17-18)9-2-3-19(8-9)13-12(14)4-11(15)6-16-13/h4-7,9H,2-3,8H2,1H3/t9-/m0/s1. The van der Waals surface area contributed by atoms with E-state index in [0.717, 1.165) is 29.8 Å². The van der Waals surface area contributed by atoms with E-state index in [2.05, 4.69) is 37.1 Å². The van der Waals surface area contributed by atoms with Crippen molar-refractivity contribution in [3.8, 4) is 0 Å². The molecule has 4 nitrogen and oxygen atoms in total. The summed E-state index contributed by atoms with van der Waals surface area (Å²) in [5.74, 6) is 1.49. The van der Waals surface area contributed by atoms with Gasteiger partial charge in [-0.3, -0.25) is 4.68 Å². The van der Waals surface area contributed by atoms with Crippen molar-refractivity contribution < 1.29 is 0 Å². The lowest BCUT2D eigenvalue weighted by Crippen LogP contribution is -2.20. The third-order valence-corrected chi connectivity index (χ3v) is 4.26. The van der Waals surface area contributed by atoms with Gasteiger partial charge in [0.05, 0.1) is 15.7 Å². The molecular weight excluding hydrogens is 328 g/mol. The Morgan fingerprint density at radius 3 is 2.95 bits per heavy atom. The first-order valence-corrected chi connectivity index (χ1v) is 7.35. The molecule has 1 fully saturated rings. The molecular formula is C13H14BrClN4. The second-order valence-corrected chi connectivity index (χ2v) is 6.13. The Labute approximate surface area is 125 Å². The van der Waals surface area contributed by atoms with E-state index >= 15 is 0 Å². The highest BCUT2D eigenvalue weighted by Crippen LogP contribution is 2.33. The molecule has 0 bridgehead atoms. The first-order valence-electron chi connectivity index (χ1n) is 6.18. The first kappa shape index (κ1) is 12.9. The van der Waals surface area contributed by atoms with Gasteiger partial charge in [0.15, 0.2) is 0 Å². The van der Waals surface area contributed by atoms with Crippen LogP contribution in [0.15, 0.2) is 29.1 Å². The summed E-state index contributed by atoms with van der Waals surface area (Å²) < 4.78 is 2.81. The lowest BCUT2D eigenvalue weighted by Gasteiger charge is -2.18. The average molecular weight is 342 g/mol. The molecule has 0 aliphatic carbocycles. The van der Waals surface area contributed by atoms with Crippen molar-refractivity contribution in [2.45, 2.75) is 12.3 Å². The molecule has 0 radical (unpaired) electrons. The van der Waals surface area contributed by atoms with Crippen LogP contribution in [0.2, 0.25) is 5.02 Å². The molecule has 1 aliphatic rings. The van der Waals surface area contributed by atoms with Crippen molar-refractivity contribution >= 4 is 33.3 Å². The zero-order valence-electron chi connectivity index (χ0n) is 10.6. The van der Waals surface area contributed by atoms with Crippen molar-refractivity contribution in [2.24, 2.45) is 7.05 Å². The fourth-order valence-electron chi connectivity index (χ4n) is 2.52. The molecule has 0 saturated carbocycles. The predicted molar refractivity (Wildman–Crippen MR) is 79.7 cm³/mol. The minimum atomic E-state index is 0.526. The average Bonchev–Trinajstić information content (AvgIpc) is 2.97. The van der Waals surface area contributed by atoms with Gasteiger partial charge >= 0.3 is 0 Å². The molecule has 0 amide bonds. The summed E-state index contributed by atoms with van der Waals surface area (Å²) in [5.41, 5.74) is 1.30. The van der Waals surface area contributed by atoms with Gasteiger partial charge in [-0.1, -0.05) is 11.6 Å². The molecule has 0 N–H and O–H groups in total. The number of hydrogen-bond acceptors (Lipinski definition) is 3. The van der Waals surface area contributed by atoms with Gasteiger partial charge in [-0.05, 0) is 34.0 Å². The third-order valence-electron chi connectivity index (χ3n) is 3.47. The van der Waals surface area contributed by atoms with Crippen molar-refractivity contribution in [2.75, 3.05) is 18.0 Å². The summed E-state index contributed by atoms with van der Waals surface area (Å²) in [7, 11) is 1.95. The van der Waals surface area contributed by atoms with E-state index in [4.69, 9.17) is 11.6 Å². The molecule has 6 heteroatoms. The van der Waals surface area contributed by atoms with E-state index in [-0.39, 0.29) is 0 Å². The number of aryl methyl sites for hydroxylation is 1. The Balaban J connectivity index is 1.78. The second-order valence-electron chi connectivity index (χ2n) is 4.84. The molecule has 1 aliphatic heterocycles. The van der Waals surface area contributed by atoms with Crippen molar-refractivity contribution in [3.63, 3.8) is 0 Å². The van der Waals surface area contributed by atoms with Gasteiger partial charge in [0, 0.05) is 38.4 Å². The maximum absolute atomic E-state index is 5.93. The number of halogens is 2. The minimum absolute atomic E-state index is 0.526. The number of aromatic nitrogens is 3. The zero-order valence-corrected chi connectivity index (χ0v) is 12.9. The number of anilines is 1. The highest BCUT2D eigenvalue weighted by Gasteiger charge is 2.26. The highest BCUT2D eigenvalue weighted by atomic mass is 79.9. The summed E-state index contributed by atoms with van der Waals surface area (Å²) in [6.45, 7) is 1.98. The summed E-state index contributed by atoms with van der Waals surface area (Å²) in [5, 5.41) is 4.90. The van der Waals surface area contributed by atoms with Crippen LogP contribution in [0.25, 0.3) is 0 Å². The highest BCUT2D eigenvalue weighted by molar-refractivity contribution is 9.10. The molecule has 1 saturated heterocycles. The lowest BCUT2D eigenvalue weighted by atomic mass is 10.0. The molecule has 1 atom stereocenters. The zero-order chi connectivity index (χ0) is 13.4. The summed E-state index contributed by atoms with van der Waals surface area (Å²) in [4.78, 5) is 6.71. The number of hydrogen-bond donors (Lipinski definition) is 0. The van der Waals surface area contributed by atoms with E-state index in [9.17, 15) is 0 Å². The Hall–Kier alpha value is -1.07. The van der Waals surface area contributed by atoms with Gasteiger partial charge in [0.1, 0.15) is 5.82 Å². The van der Waals surface area contributed by atoms with Gasteiger partial charge < -0.3 is 4.90 Å². The van der Waals surface area contributed by atoms with Crippen LogP contribution in [0.3, 0.4) is 0 Å². The fraction of sp³-hybridized carbons (Fsp3) is 0.385. The van der Waals surface area contributed by atoms with Crippen LogP contribution in [0.4, 0.5) is 5.82 Å². The van der Waals surface area contributed by atoms with Crippen molar-refractivity contribution in [3.05, 3.63) is 39.7 Å². The Bertz CT molecular complexity index is 598. The monoisotopic (exact) mass is 340 g/mol. The molecule has 3 rings (SSSR count). The second kappa shape index (κ2) is 5.13. The van der Waals surface area contributed by atoms with E-state index in [1.165, 1.54) is 5.56 Å². The van der Waals surface area contributed by atoms with Crippen LogP contribution in [-0.4, -0.2) is 27.9 Å². The Morgan fingerprint density at radius 1 is 1.42 bits per heavy atom. The molecule has 3 heterocycles. The first-order chi connectivity index (χ1) is 9.13. The lowest BCUT2D eigenvalue weighted by molar-refractivity contribution is 0.754. The SMILES string of the molecule is Cn1cc([C@H]2CCN(c3ncc(Cl)cc3Br)C2)cn1. The van der Waals surface area contributed by atoms with E-state index in [1.807, 2.05) is 24.0 Å². The topological polar surface area (TPSA) is 34.0 Å². The maximum Gasteiger partial charge on any atom is 0.142 e. The maximum atomic E-state index is 5.93. The van der Waals surface area contributed by atoms with E-state index in [1.54, 1.807) is 6.20 Å². The third kappa shape index (κ3) is 2.62. The van der Waals surface area contributed by atoms with Gasteiger partial charge in [-0.25, -0.2) is 4.98 Å². The molecule has 2 aromatic heterocycles. The smallest absolute Gasteiger partial charge is 0.142 e. The number of pyridine rings is 1. The van der Waals surface area contributed by atoms with Crippen LogP contribution in [0.5, 0.6) is 0 Å². The van der Waals surface area contributed by atoms with Gasteiger partial charge in [0.25, 0.3) is 0 Å². The normalized spacial score (nSPS) is 19.1.